The highest BCUT2D eigenvalue weighted by Gasteiger charge is 2.19. The minimum atomic E-state index is -0.642. The van der Waals surface area contributed by atoms with E-state index >= 15 is 0 Å². The Morgan fingerprint density at radius 1 is 1.00 bits per heavy atom. The first-order valence-corrected chi connectivity index (χ1v) is 10.6. The van der Waals surface area contributed by atoms with Gasteiger partial charge in [0.25, 0.3) is 5.91 Å². The molecule has 0 saturated heterocycles. The van der Waals surface area contributed by atoms with Crippen molar-refractivity contribution in [3.8, 4) is 5.75 Å². The molecule has 5 heteroatoms. The van der Waals surface area contributed by atoms with Gasteiger partial charge < -0.3 is 4.74 Å². The zero-order chi connectivity index (χ0) is 20.9. The Morgan fingerprint density at radius 2 is 1.70 bits per heavy atom. The summed E-state index contributed by atoms with van der Waals surface area (Å²) in [5.74, 6) is 0.351. The predicted molar refractivity (Wildman–Crippen MR) is 126 cm³/mol. The van der Waals surface area contributed by atoms with Crippen molar-refractivity contribution in [1.82, 2.24) is 5.43 Å². The Hall–Kier alpha value is -3.18. The highest BCUT2D eigenvalue weighted by molar-refractivity contribution is 9.10. The number of carbonyl (C=O) groups excluding carboxylic acids is 1. The van der Waals surface area contributed by atoms with Gasteiger partial charge in [0.1, 0.15) is 5.75 Å². The molecule has 150 valence electrons. The van der Waals surface area contributed by atoms with Gasteiger partial charge in [-0.25, -0.2) is 5.43 Å². The number of carbonyl (C=O) groups is 1. The smallest absolute Gasteiger partial charge is 0.281 e. The van der Waals surface area contributed by atoms with Crippen LogP contribution in [0.25, 0.3) is 21.5 Å². The van der Waals surface area contributed by atoms with Crippen molar-refractivity contribution in [3.05, 3.63) is 88.9 Å². The molecule has 0 bridgehead atoms. The molecule has 4 rings (SSSR count). The van der Waals surface area contributed by atoms with Crippen molar-refractivity contribution in [1.29, 1.82) is 0 Å². The number of benzene rings is 4. The first-order chi connectivity index (χ1) is 14.7. The molecule has 1 N–H and O–H groups in total. The summed E-state index contributed by atoms with van der Waals surface area (Å²) in [5, 5.41) is 8.56. The molecule has 4 aromatic rings. The standard InChI is InChI=1S/C25H21BrN2O2/c1-2-22(30-23-14-13-19-8-5-6-10-21(19)24(23)26)25(29)28-27-16-17-11-12-18-7-3-4-9-20(18)15-17/h3-16,22H,2H2,1H3,(H,28,29)/t22-/m1/s1. The minimum Gasteiger partial charge on any atom is -0.479 e. The van der Waals surface area contributed by atoms with E-state index < -0.39 is 6.10 Å². The highest BCUT2D eigenvalue weighted by Crippen LogP contribution is 2.33. The second-order valence-corrected chi connectivity index (χ2v) is 7.75. The van der Waals surface area contributed by atoms with Gasteiger partial charge in [0.15, 0.2) is 6.10 Å². The largest absolute Gasteiger partial charge is 0.479 e. The number of ether oxygens (including phenoxy) is 1. The molecule has 0 saturated carbocycles. The number of hydrazone groups is 1. The van der Waals surface area contributed by atoms with E-state index in [1.165, 1.54) is 5.39 Å². The van der Waals surface area contributed by atoms with E-state index in [2.05, 4.69) is 32.5 Å². The molecule has 0 aliphatic rings. The van der Waals surface area contributed by atoms with Gasteiger partial charge in [-0.1, -0.05) is 73.7 Å². The summed E-state index contributed by atoms with van der Waals surface area (Å²) in [6.07, 6.45) is 1.52. The van der Waals surface area contributed by atoms with Crippen LogP contribution in [0.3, 0.4) is 0 Å². The summed E-state index contributed by atoms with van der Waals surface area (Å²) >= 11 is 3.61. The maximum Gasteiger partial charge on any atom is 0.281 e. The van der Waals surface area contributed by atoms with Gasteiger partial charge in [0.05, 0.1) is 10.7 Å². The predicted octanol–water partition coefficient (Wildman–Crippen LogP) is 6.06. The van der Waals surface area contributed by atoms with E-state index in [0.29, 0.717) is 12.2 Å². The lowest BCUT2D eigenvalue weighted by Crippen LogP contribution is -2.35. The van der Waals surface area contributed by atoms with Gasteiger partial charge in [0, 0.05) is 0 Å². The molecule has 0 fully saturated rings. The molecule has 1 amide bonds. The Balaban J connectivity index is 1.45. The van der Waals surface area contributed by atoms with Crippen molar-refractivity contribution in [2.75, 3.05) is 0 Å². The van der Waals surface area contributed by atoms with Crippen LogP contribution in [0.5, 0.6) is 5.75 Å². The van der Waals surface area contributed by atoms with Crippen LogP contribution in [0.1, 0.15) is 18.9 Å². The average molecular weight is 461 g/mol. The maximum absolute atomic E-state index is 12.6. The van der Waals surface area contributed by atoms with Gasteiger partial charge in [-0.2, -0.15) is 5.10 Å². The summed E-state index contributed by atoms with van der Waals surface area (Å²) in [5.41, 5.74) is 3.51. The van der Waals surface area contributed by atoms with Crippen molar-refractivity contribution < 1.29 is 9.53 Å². The SMILES string of the molecule is CC[C@@H](Oc1ccc2ccccc2c1Br)C(=O)NN=Cc1ccc2ccccc2c1. The van der Waals surface area contributed by atoms with Crippen LogP contribution in [-0.4, -0.2) is 18.2 Å². The number of fused-ring (bicyclic) bond motifs is 2. The summed E-state index contributed by atoms with van der Waals surface area (Å²) in [6, 6.07) is 26.0. The number of amides is 1. The van der Waals surface area contributed by atoms with E-state index in [1.54, 1.807) is 6.21 Å². The van der Waals surface area contributed by atoms with Crippen molar-refractivity contribution >= 4 is 49.6 Å². The topological polar surface area (TPSA) is 50.7 Å². The summed E-state index contributed by atoms with van der Waals surface area (Å²) in [7, 11) is 0. The van der Waals surface area contributed by atoms with E-state index in [1.807, 2.05) is 79.7 Å². The molecule has 0 heterocycles. The number of nitrogens with one attached hydrogen (secondary N) is 1. The van der Waals surface area contributed by atoms with Crippen LogP contribution >= 0.6 is 15.9 Å². The van der Waals surface area contributed by atoms with Crippen LogP contribution in [0.15, 0.2) is 88.4 Å². The Labute approximate surface area is 183 Å². The molecular weight excluding hydrogens is 440 g/mol. The molecule has 4 nitrogen and oxygen atoms in total. The van der Waals surface area contributed by atoms with Crippen LogP contribution in [-0.2, 0) is 4.79 Å². The van der Waals surface area contributed by atoms with Gasteiger partial charge in [0.2, 0.25) is 0 Å². The van der Waals surface area contributed by atoms with E-state index in [9.17, 15) is 4.79 Å². The molecule has 0 aliphatic heterocycles. The Bertz CT molecular complexity index is 1240. The lowest BCUT2D eigenvalue weighted by Gasteiger charge is -2.17. The second kappa shape index (κ2) is 9.09. The average Bonchev–Trinajstić information content (AvgIpc) is 2.78. The number of rotatable bonds is 6. The van der Waals surface area contributed by atoms with E-state index in [0.717, 1.165) is 26.2 Å². The van der Waals surface area contributed by atoms with Gasteiger partial charge in [-0.3, -0.25) is 4.79 Å². The van der Waals surface area contributed by atoms with Crippen molar-refractivity contribution in [2.45, 2.75) is 19.4 Å². The first kappa shape index (κ1) is 20.1. The van der Waals surface area contributed by atoms with E-state index in [-0.39, 0.29) is 5.91 Å². The first-order valence-electron chi connectivity index (χ1n) is 9.81. The molecule has 0 spiro atoms. The zero-order valence-electron chi connectivity index (χ0n) is 16.5. The third-order valence-corrected chi connectivity index (χ3v) is 5.74. The normalized spacial score (nSPS) is 12.3. The minimum absolute atomic E-state index is 0.283. The highest BCUT2D eigenvalue weighted by atomic mass is 79.9. The maximum atomic E-state index is 12.6. The van der Waals surface area contributed by atoms with Gasteiger partial charge >= 0.3 is 0 Å². The molecule has 0 unspecified atom stereocenters. The number of hydrogen-bond donors (Lipinski definition) is 1. The third-order valence-electron chi connectivity index (χ3n) is 4.92. The summed E-state index contributed by atoms with van der Waals surface area (Å²) in [6.45, 7) is 1.91. The molecule has 0 aromatic heterocycles. The summed E-state index contributed by atoms with van der Waals surface area (Å²) < 4.78 is 6.83. The van der Waals surface area contributed by atoms with Crippen LogP contribution in [0, 0.1) is 0 Å². The van der Waals surface area contributed by atoms with Crippen LogP contribution in [0.2, 0.25) is 0 Å². The molecular formula is C25H21BrN2O2. The molecule has 0 radical (unpaired) electrons. The molecule has 30 heavy (non-hydrogen) atoms. The zero-order valence-corrected chi connectivity index (χ0v) is 18.1. The number of nitrogens with zero attached hydrogens (tertiary/aromatic N) is 1. The molecule has 4 aromatic carbocycles. The van der Waals surface area contributed by atoms with Crippen molar-refractivity contribution in [2.24, 2.45) is 5.10 Å². The fraction of sp³-hybridized carbons (Fsp3) is 0.120. The number of halogens is 1. The Kier molecular flexibility index (Phi) is 6.10. The lowest BCUT2D eigenvalue weighted by molar-refractivity contribution is -0.128. The van der Waals surface area contributed by atoms with Crippen molar-refractivity contribution in [3.63, 3.8) is 0 Å². The monoisotopic (exact) mass is 460 g/mol. The number of hydrogen-bond acceptors (Lipinski definition) is 3. The fourth-order valence-corrected chi connectivity index (χ4v) is 3.90. The second-order valence-electron chi connectivity index (χ2n) is 6.95. The van der Waals surface area contributed by atoms with Crippen LogP contribution in [0.4, 0.5) is 0 Å². The third kappa shape index (κ3) is 4.36. The quantitative estimate of drug-likeness (QED) is 0.280. The van der Waals surface area contributed by atoms with Gasteiger partial charge in [-0.05, 0) is 61.6 Å². The van der Waals surface area contributed by atoms with E-state index in [4.69, 9.17) is 4.74 Å². The fourth-order valence-electron chi connectivity index (χ4n) is 3.31. The lowest BCUT2D eigenvalue weighted by atomic mass is 10.1. The van der Waals surface area contributed by atoms with Crippen LogP contribution < -0.4 is 10.2 Å². The molecule has 1 atom stereocenters. The summed E-state index contributed by atoms with van der Waals surface area (Å²) in [4.78, 5) is 12.6. The van der Waals surface area contributed by atoms with Gasteiger partial charge in [-0.15, -0.1) is 0 Å². The Morgan fingerprint density at radius 3 is 2.50 bits per heavy atom. The molecule has 0 aliphatic carbocycles.